The molecule has 0 aliphatic heterocycles. The molecule has 2 aromatic carbocycles. The zero-order valence-corrected chi connectivity index (χ0v) is 14.0. The Bertz CT molecular complexity index is 671. The fraction of sp³-hybridized carbons (Fsp3) is 0.188. The topological polar surface area (TPSA) is 35.5 Å². The number of esters is 1. The van der Waals surface area contributed by atoms with Gasteiger partial charge in [-0.1, -0.05) is 33.6 Å². The molecule has 5 heteroatoms. The van der Waals surface area contributed by atoms with E-state index >= 15 is 0 Å². The molecule has 0 aliphatic rings. The molecule has 0 aromatic heterocycles. The van der Waals surface area contributed by atoms with Crippen LogP contribution in [0.1, 0.15) is 21.5 Å². The summed E-state index contributed by atoms with van der Waals surface area (Å²) < 4.78 is 11.2. The Hall–Kier alpha value is -1.52. The van der Waals surface area contributed by atoms with E-state index in [0.29, 0.717) is 17.2 Å². The van der Waals surface area contributed by atoms with Crippen LogP contribution < -0.4 is 4.74 Å². The SMILES string of the molecule is COC(=O)c1ccc(COc2ccc(Cl)c(C)c2)c(Br)c1. The van der Waals surface area contributed by atoms with E-state index in [1.165, 1.54) is 7.11 Å². The first-order valence-corrected chi connectivity index (χ1v) is 7.44. The average molecular weight is 370 g/mol. The van der Waals surface area contributed by atoms with Crippen LogP contribution in [0.4, 0.5) is 0 Å². The minimum Gasteiger partial charge on any atom is -0.489 e. The smallest absolute Gasteiger partial charge is 0.337 e. The van der Waals surface area contributed by atoms with E-state index in [1.807, 2.05) is 31.2 Å². The van der Waals surface area contributed by atoms with Crippen LogP contribution in [-0.4, -0.2) is 13.1 Å². The van der Waals surface area contributed by atoms with Crippen LogP contribution >= 0.6 is 27.5 Å². The highest BCUT2D eigenvalue weighted by atomic mass is 79.9. The number of carbonyl (C=O) groups excluding carboxylic acids is 1. The fourth-order valence-electron chi connectivity index (χ4n) is 1.78. The van der Waals surface area contributed by atoms with Gasteiger partial charge in [0.1, 0.15) is 12.4 Å². The predicted molar refractivity (Wildman–Crippen MR) is 86.0 cm³/mol. The summed E-state index contributed by atoms with van der Waals surface area (Å²) in [4.78, 5) is 11.4. The number of rotatable bonds is 4. The van der Waals surface area contributed by atoms with Gasteiger partial charge in [0, 0.05) is 15.1 Å². The summed E-state index contributed by atoms with van der Waals surface area (Å²) in [5.74, 6) is 0.386. The summed E-state index contributed by atoms with van der Waals surface area (Å²) in [6.45, 7) is 2.32. The minimum atomic E-state index is -0.364. The second-order valence-electron chi connectivity index (χ2n) is 4.50. The van der Waals surface area contributed by atoms with Gasteiger partial charge in [-0.2, -0.15) is 0 Å². The molecule has 0 saturated carbocycles. The average Bonchev–Trinajstić information content (AvgIpc) is 2.48. The lowest BCUT2D eigenvalue weighted by Gasteiger charge is -2.10. The van der Waals surface area contributed by atoms with E-state index in [-0.39, 0.29) is 5.97 Å². The largest absolute Gasteiger partial charge is 0.489 e. The lowest BCUT2D eigenvalue weighted by Crippen LogP contribution is -2.03. The van der Waals surface area contributed by atoms with Crippen molar-refractivity contribution in [1.82, 2.24) is 0 Å². The molecule has 0 aliphatic carbocycles. The summed E-state index contributed by atoms with van der Waals surface area (Å²) in [6, 6.07) is 10.8. The number of methoxy groups -OCH3 is 1. The Morgan fingerprint density at radius 3 is 2.62 bits per heavy atom. The van der Waals surface area contributed by atoms with Crippen molar-refractivity contribution in [3.05, 3.63) is 62.6 Å². The third-order valence-electron chi connectivity index (χ3n) is 3.00. The van der Waals surface area contributed by atoms with Gasteiger partial charge in [-0.25, -0.2) is 4.79 Å². The minimum absolute atomic E-state index is 0.364. The van der Waals surface area contributed by atoms with Crippen molar-refractivity contribution in [2.45, 2.75) is 13.5 Å². The van der Waals surface area contributed by atoms with Gasteiger partial charge in [0.2, 0.25) is 0 Å². The first kappa shape index (κ1) is 15.9. The highest BCUT2D eigenvalue weighted by Gasteiger charge is 2.09. The maximum Gasteiger partial charge on any atom is 0.337 e. The van der Waals surface area contributed by atoms with Crippen molar-refractivity contribution in [3.8, 4) is 5.75 Å². The molecular weight excluding hydrogens is 356 g/mol. The van der Waals surface area contributed by atoms with Gasteiger partial charge < -0.3 is 9.47 Å². The van der Waals surface area contributed by atoms with Crippen molar-refractivity contribution in [1.29, 1.82) is 0 Å². The van der Waals surface area contributed by atoms with Gasteiger partial charge in [0.05, 0.1) is 12.7 Å². The molecule has 0 saturated heterocycles. The Labute approximate surface area is 137 Å². The number of aryl methyl sites for hydroxylation is 1. The maximum atomic E-state index is 11.4. The fourth-order valence-corrected chi connectivity index (χ4v) is 2.39. The lowest BCUT2D eigenvalue weighted by molar-refractivity contribution is 0.0600. The first-order chi connectivity index (χ1) is 10.0. The van der Waals surface area contributed by atoms with Crippen LogP contribution in [0.5, 0.6) is 5.75 Å². The molecule has 0 bridgehead atoms. The number of ether oxygens (including phenoxy) is 2. The predicted octanol–water partition coefficient (Wildman–Crippen LogP) is 4.78. The second kappa shape index (κ2) is 6.96. The third kappa shape index (κ3) is 3.99. The van der Waals surface area contributed by atoms with E-state index in [9.17, 15) is 4.79 Å². The van der Waals surface area contributed by atoms with E-state index in [2.05, 4.69) is 20.7 Å². The lowest BCUT2D eigenvalue weighted by atomic mass is 10.1. The molecule has 2 rings (SSSR count). The van der Waals surface area contributed by atoms with Gasteiger partial charge in [0.25, 0.3) is 0 Å². The van der Waals surface area contributed by atoms with Crippen molar-refractivity contribution in [3.63, 3.8) is 0 Å². The van der Waals surface area contributed by atoms with Crippen LogP contribution in [0.15, 0.2) is 40.9 Å². The Kier molecular flexibility index (Phi) is 5.26. The summed E-state index contributed by atoms with van der Waals surface area (Å²) in [7, 11) is 1.36. The van der Waals surface area contributed by atoms with Crippen molar-refractivity contribution < 1.29 is 14.3 Å². The van der Waals surface area contributed by atoms with Crippen molar-refractivity contribution in [2.75, 3.05) is 7.11 Å². The summed E-state index contributed by atoms with van der Waals surface area (Å²) in [6.07, 6.45) is 0. The molecule has 110 valence electrons. The summed E-state index contributed by atoms with van der Waals surface area (Å²) in [5, 5.41) is 0.714. The number of benzene rings is 2. The monoisotopic (exact) mass is 368 g/mol. The van der Waals surface area contributed by atoms with Gasteiger partial charge in [0.15, 0.2) is 0 Å². The molecule has 0 amide bonds. The Balaban J connectivity index is 2.09. The molecule has 3 nitrogen and oxygen atoms in total. The zero-order valence-electron chi connectivity index (χ0n) is 11.7. The van der Waals surface area contributed by atoms with Crippen LogP contribution in [0, 0.1) is 6.92 Å². The molecule has 2 aromatic rings. The standard InChI is InChI=1S/C16H14BrClO3/c1-10-7-13(5-6-15(10)18)21-9-12-4-3-11(8-14(12)17)16(19)20-2/h3-8H,9H2,1-2H3. The van der Waals surface area contributed by atoms with Crippen LogP contribution in [0.3, 0.4) is 0 Å². The molecule has 0 fully saturated rings. The number of hydrogen-bond acceptors (Lipinski definition) is 3. The van der Waals surface area contributed by atoms with Gasteiger partial charge in [-0.15, -0.1) is 0 Å². The maximum absolute atomic E-state index is 11.4. The highest BCUT2D eigenvalue weighted by Crippen LogP contribution is 2.24. The molecule has 0 N–H and O–H groups in total. The Morgan fingerprint density at radius 1 is 1.24 bits per heavy atom. The number of carbonyl (C=O) groups is 1. The van der Waals surface area contributed by atoms with E-state index in [1.54, 1.807) is 12.1 Å². The first-order valence-electron chi connectivity index (χ1n) is 6.27. The number of hydrogen-bond donors (Lipinski definition) is 0. The normalized spacial score (nSPS) is 10.3. The van der Waals surface area contributed by atoms with Crippen molar-refractivity contribution in [2.24, 2.45) is 0 Å². The van der Waals surface area contributed by atoms with Crippen LogP contribution in [0.2, 0.25) is 5.02 Å². The molecule has 0 radical (unpaired) electrons. The van der Waals surface area contributed by atoms with Crippen LogP contribution in [-0.2, 0) is 11.3 Å². The van der Waals surface area contributed by atoms with Gasteiger partial charge in [-0.3, -0.25) is 0 Å². The second-order valence-corrected chi connectivity index (χ2v) is 5.76. The number of halogens is 2. The Morgan fingerprint density at radius 2 is 2.00 bits per heavy atom. The zero-order chi connectivity index (χ0) is 15.4. The molecule has 0 heterocycles. The van der Waals surface area contributed by atoms with Crippen LogP contribution in [0.25, 0.3) is 0 Å². The highest BCUT2D eigenvalue weighted by molar-refractivity contribution is 9.10. The molecule has 0 spiro atoms. The van der Waals surface area contributed by atoms with Gasteiger partial charge >= 0.3 is 5.97 Å². The molecular formula is C16H14BrClO3. The molecule has 21 heavy (non-hydrogen) atoms. The van der Waals surface area contributed by atoms with E-state index in [0.717, 1.165) is 21.3 Å². The van der Waals surface area contributed by atoms with E-state index in [4.69, 9.17) is 16.3 Å². The summed E-state index contributed by atoms with van der Waals surface area (Å²) in [5.41, 5.74) is 2.40. The van der Waals surface area contributed by atoms with Gasteiger partial charge in [-0.05, 0) is 42.8 Å². The quantitative estimate of drug-likeness (QED) is 0.728. The van der Waals surface area contributed by atoms with Crippen molar-refractivity contribution >= 4 is 33.5 Å². The molecule has 0 atom stereocenters. The molecule has 0 unspecified atom stereocenters. The third-order valence-corrected chi connectivity index (χ3v) is 4.16. The van der Waals surface area contributed by atoms with E-state index < -0.39 is 0 Å². The summed E-state index contributed by atoms with van der Waals surface area (Å²) >= 11 is 9.41.